The van der Waals surface area contributed by atoms with Gasteiger partial charge in [0, 0.05) is 19.6 Å². The maximum absolute atomic E-state index is 12.4. The molecule has 0 saturated carbocycles. The van der Waals surface area contributed by atoms with Gasteiger partial charge >= 0.3 is 6.09 Å². The number of carbonyl (C=O) groups excluding carboxylic acids is 2. The molecule has 0 aromatic heterocycles. The van der Waals surface area contributed by atoms with Gasteiger partial charge in [-0.25, -0.2) is 4.79 Å². The van der Waals surface area contributed by atoms with E-state index < -0.39 is 17.7 Å². The van der Waals surface area contributed by atoms with Crippen LogP contribution in [0.1, 0.15) is 48.0 Å². The van der Waals surface area contributed by atoms with Crippen molar-refractivity contribution in [3.63, 3.8) is 0 Å². The largest absolute Gasteiger partial charge is 0.444 e. The average Bonchev–Trinajstić information content (AvgIpc) is 2.32. The van der Waals surface area contributed by atoms with Crippen molar-refractivity contribution in [1.29, 1.82) is 0 Å². The number of amides is 1. The van der Waals surface area contributed by atoms with Crippen LogP contribution in [-0.2, 0) is 14.3 Å². The fraction of sp³-hybridized carbons (Fsp3) is 0.867. The highest BCUT2D eigenvalue weighted by Gasteiger charge is 2.29. The SMILES string of the molecule is CCC(NC(=O)OC(C)(C)C)C(=O)C(C)C(C)COC. The Balaban J connectivity index is 4.59. The van der Waals surface area contributed by atoms with E-state index in [4.69, 9.17) is 9.47 Å². The molecule has 20 heavy (non-hydrogen) atoms. The van der Waals surface area contributed by atoms with E-state index in [-0.39, 0.29) is 17.6 Å². The Labute approximate surface area is 122 Å². The van der Waals surface area contributed by atoms with Gasteiger partial charge < -0.3 is 14.8 Å². The highest BCUT2D eigenvalue weighted by Crippen LogP contribution is 2.16. The van der Waals surface area contributed by atoms with Crippen LogP contribution in [0.5, 0.6) is 0 Å². The number of rotatable bonds is 7. The molecule has 0 bridgehead atoms. The summed E-state index contributed by atoms with van der Waals surface area (Å²) in [5.74, 6) is -0.0419. The van der Waals surface area contributed by atoms with Crippen molar-refractivity contribution in [3.05, 3.63) is 0 Å². The van der Waals surface area contributed by atoms with Crippen LogP contribution in [0.3, 0.4) is 0 Å². The first-order valence-electron chi connectivity index (χ1n) is 7.14. The second-order valence-corrected chi connectivity index (χ2v) is 6.23. The summed E-state index contributed by atoms with van der Waals surface area (Å²) in [6, 6.07) is -0.515. The minimum atomic E-state index is -0.569. The van der Waals surface area contributed by atoms with Crippen molar-refractivity contribution in [2.75, 3.05) is 13.7 Å². The zero-order valence-corrected chi connectivity index (χ0v) is 13.8. The lowest BCUT2D eigenvalue weighted by molar-refractivity contribution is -0.126. The molecule has 3 atom stereocenters. The molecule has 5 heteroatoms. The van der Waals surface area contributed by atoms with Crippen molar-refractivity contribution in [1.82, 2.24) is 5.32 Å². The fourth-order valence-corrected chi connectivity index (χ4v) is 1.83. The first kappa shape index (κ1) is 18.9. The highest BCUT2D eigenvalue weighted by atomic mass is 16.6. The lowest BCUT2D eigenvalue weighted by Gasteiger charge is -2.25. The van der Waals surface area contributed by atoms with Crippen molar-refractivity contribution in [2.45, 2.75) is 59.6 Å². The van der Waals surface area contributed by atoms with E-state index in [0.29, 0.717) is 13.0 Å². The Morgan fingerprint density at radius 3 is 2.15 bits per heavy atom. The summed E-state index contributed by atoms with van der Waals surface area (Å²) in [5.41, 5.74) is -0.569. The molecule has 3 unspecified atom stereocenters. The Morgan fingerprint density at radius 2 is 1.75 bits per heavy atom. The summed E-state index contributed by atoms with van der Waals surface area (Å²) in [5, 5.41) is 2.65. The molecule has 5 nitrogen and oxygen atoms in total. The molecule has 118 valence electrons. The lowest BCUT2D eigenvalue weighted by Crippen LogP contribution is -2.46. The smallest absolute Gasteiger partial charge is 0.408 e. The van der Waals surface area contributed by atoms with E-state index in [1.807, 2.05) is 20.8 Å². The topological polar surface area (TPSA) is 64.6 Å². The molecule has 0 aliphatic heterocycles. The van der Waals surface area contributed by atoms with Gasteiger partial charge in [0.25, 0.3) is 0 Å². The third-order valence-electron chi connectivity index (χ3n) is 3.17. The average molecular weight is 287 g/mol. The molecule has 0 aromatic carbocycles. The van der Waals surface area contributed by atoms with Gasteiger partial charge in [-0.15, -0.1) is 0 Å². The van der Waals surface area contributed by atoms with Crippen molar-refractivity contribution >= 4 is 11.9 Å². The number of ketones is 1. The van der Waals surface area contributed by atoms with Crippen LogP contribution in [-0.4, -0.2) is 37.2 Å². The molecule has 0 aliphatic rings. The van der Waals surface area contributed by atoms with Gasteiger partial charge in [-0.05, 0) is 33.1 Å². The normalized spacial score (nSPS) is 16.1. The highest BCUT2D eigenvalue weighted by molar-refractivity contribution is 5.89. The summed E-state index contributed by atoms with van der Waals surface area (Å²) in [6.45, 7) is 11.6. The molecule has 0 spiro atoms. The molecule has 0 rings (SSSR count). The van der Waals surface area contributed by atoms with Crippen LogP contribution in [0, 0.1) is 11.8 Å². The summed E-state index contributed by atoms with van der Waals surface area (Å²) >= 11 is 0. The molecule has 0 fully saturated rings. The van der Waals surface area contributed by atoms with Gasteiger partial charge in [-0.1, -0.05) is 20.8 Å². The molecule has 0 aliphatic carbocycles. The number of nitrogens with one attached hydrogen (secondary N) is 1. The predicted molar refractivity (Wildman–Crippen MR) is 78.7 cm³/mol. The van der Waals surface area contributed by atoms with E-state index in [0.717, 1.165) is 0 Å². The lowest BCUT2D eigenvalue weighted by atomic mass is 9.88. The summed E-state index contributed by atoms with van der Waals surface area (Å²) < 4.78 is 10.3. The molecular weight excluding hydrogens is 258 g/mol. The van der Waals surface area contributed by atoms with Gasteiger partial charge in [-0.3, -0.25) is 4.79 Å². The number of hydrogen-bond acceptors (Lipinski definition) is 4. The predicted octanol–water partition coefficient (Wildman–Crippen LogP) is 2.78. The summed E-state index contributed by atoms with van der Waals surface area (Å²) in [7, 11) is 1.62. The van der Waals surface area contributed by atoms with Crippen LogP contribution in [0.15, 0.2) is 0 Å². The Kier molecular flexibility index (Phi) is 7.79. The second-order valence-electron chi connectivity index (χ2n) is 6.23. The van der Waals surface area contributed by atoms with E-state index >= 15 is 0 Å². The molecule has 0 aromatic rings. The minimum absolute atomic E-state index is 0.0166. The molecule has 1 amide bonds. The third kappa shape index (κ3) is 6.89. The number of methoxy groups -OCH3 is 1. The first-order valence-corrected chi connectivity index (χ1v) is 7.14. The van der Waals surface area contributed by atoms with E-state index in [9.17, 15) is 9.59 Å². The number of Topliss-reactive ketones (excluding diaryl/α,β-unsaturated/α-hetero) is 1. The van der Waals surface area contributed by atoms with E-state index in [1.54, 1.807) is 27.9 Å². The monoisotopic (exact) mass is 287 g/mol. The Morgan fingerprint density at radius 1 is 1.20 bits per heavy atom. The molecule has 0 saturated heterocycles. The van der Waals surface area contributed by atoms with Crippen LogP contribution >= 0.6 is 0 Å². The zero-order chi connectivity index (χ0) is 15.9. The molecule has 0 radical (unpaired) electrons. The standard InChI is InChI=1S/C15H29NO4/c1-8-12(16-14(18)20-15(4,5)6)13(17)11(3)10(2)9-19-7/h10-12H,8-9H2,1-7H3,(H,16,18). The number of alkyl carbamates (subject to hydrolysis) is 1. The van der Waals surface area contributed by atoms with Gasteiger partial charge in [0.05, 0.1) is 6.04 Å². The molecule has 0 heterocycles. The number of hydrogen-bond donors (Lipinski definition) is 1. The maximum atomic E-state index is 12.4. The van der Waals surface area contributed by atoms with Gasteiger partial charge in [0.15, 0.2) is 5.78 Å². The van der Waals surface area contributed by atoms with E-state index in [2.05, 4.69) is 5.32 Å². The Hall–Kier alpha value is -1.10. The van der Waals surface area contributed by atoms with Gasteiger partial charge in [-0.2, -0.15) is 0 Å². The summed E-state index contributed by atoms with van der Waals surface area (Å²) in [6.07, 6.45) is -0.00781. The van der Waals surface area contributed by atoms with Gasteiger partial charge in [0.1, 0.15) is 5.60 Å². The molecule has 1 N–H and O–H groups in total. The van der Waals surface area contributed by atoms with Crippen LogP contribution in [0.4, 0.5) is 4.79 Å². The number of ether oxygens (including phenoxy) is 2. The quantitative estimate of drug-likeness (QED) is 0.782. The first-order chi connectivity index (χ1) is 9.12. The van der Waals surface area contributed by atoms with Crippen molar-refractivity contribution in [2.24, 2.45) is 11.8 Å². The minimum Gasteiger partial charge on any atom is -0.444 e. The van der Waals surface area contributed by atoms with Crippen LogP contribution in [0.25, 0.3) is 0 Å². The van der Waals surface area contributed by atoms with Crippen molar-refractivity contribution in [3.8, 4) is 0 Å². The fourth-order valence-electron chi connectivity index (χ4n) is 1.83. The number of carbonyl (C=O) groups is 2. The maximum Gasteiger partial charge on any atom is 0.408 e. The van der Waals surface area contributed by atoms with Crippen LogP contribution < -0.4 is 5.32 Å². The molecular formula is C15H29NO4. The zero-order valence-electron chi connectivity index (χ0n) is 13.8. The van der Waals surface area contributed by atoms with Crippen LogP contribution in [0.2, 0.25) is 0 Å². The Bertz CT molecular complexity index is 322. The third-order valence-corrected chi connectivity index (χ3v) is 3.17. The van der Waals surface area contributed by atoms with Crippen molar-refractivity contribution < 1.29 is 19.1 Å². The summed E-state index contributed by atoms with van der Waals surface area (Å²) in [4.78, 5) is 24.1. The van der Waals surface area contributed by atoms with E-state index in [1.165, 1.54) is 0 Å². The second kappa shape index (κ2) is 8.25. The van der Waals surface area contributed by atoms with Gasteiger partial charge in [0.2, 0.25) is 0 Å².